The molecule has 16 heavy (non-hydrogen) atoms. The molecule has 0 spiro atoms. The summed E-state index contributed by atoms with van der Waals surface area (Å²) in [5, 5.41) is 3.24. The van der Waals surface area contributed by atoms with E-state index in [1.54, 1.807) is 6.07 Å². The third-order valence-electron chi connectivity index (χ3n) is 2.33. The van der Waals surface area contributed by atoms with Gasteiger partial charge < -0.3 is 10.1 Å². The van der Waals surface area contributed by atoms with Gasteiger partial charge >= 0.3 is 0 Å². The Bertz CT molecular complexity index is 339. The molecule has 0 radical (unpaired) electrons. The first-order valence-corrected chi connectivity index (χ1v) is 5.74. The van der Waals surface area contributed by atoms with Gasteiger partial charge in [0.2, 0.25) is 0 Å². The van der Waals surface area contributed by atoms with Crippen molar-refractivity contribution in [3.8, 4) is 5.75 Å². The molecule has 2 nitrogen and oxygen atoms in total. The van der Waals surface area contributed by atoms with Gasteiger partial charge in [0.15, 0.2) is 11.6 Å². The summed E-state index contributed by atoms with van der Waals surface area (Å²) in [7, 11) is 0. The summed E-state index contributed by atoms with van der Waals surface area (Å²) in [6.07, 6.45) is -0.00783. The Hall–Kier alpha value is -1.09. The largest absolute Gasteiger partial charge is 0.488 e. The van der Waals surface area contributed by atoms with Crippen LogP contribution >= 0.6 is 0 Å². The van der Waals surface area contributed by atoms with Gasteiger partial charge in [-0.2, -0.15) is 0 Å². The molecule has 0 saturated heterocycles. The normalized spacial score (nSPS) is 12.9. The smallest absolute Gasteiger partial charge is 0.165 e. The third kappa shape index (κ3) is 3.49. The van der Waals surface area contributed by atoms with Crippen molar-refractivity contribution in [2.75, 3.05) is 6.54 Å². The Morgan fingerprint density at radius 2 is 2.00 bits per heavy atom. The van der Waals surface area contributed by atoms with E-state index in [1.807, 2.05) is 33.8 Å². The van der Waals surface area contributed by atoms with E-state index in [-0.39, 0.29) is 18.0 Å². The van der Waals surface area contributed by atoms with E-state index in [2.05, 4.69) is 5.32 Å². The highest BCUT2D eigenvalue weighted by molar-refractivity contribution is 5.31. The molecule has 1 N–H and O–H groups in total. The Kier molecular flexibility index (Phi) is 4.74. The van der Waals surface area contributed by atoms with E-state index in [9.17, 15) is 4.39 Å². The van der Waals surface area contributed by atoms with Crippen molar-refractivity contribution in [3.63, 3.8) is 0 Å². The zero-order valence-corrected chi connectivity index (χ0v) is 10.4. The van der Waals surface area contributed by atoms with Crippen LogP contribution in [0, 0.1) is 5.82 Å². The minimum absolute atomic E-state index is 0.00783. The van der Waals surface area contributed by atoms with Crippen LogP contribution in [0.2, 0.25) is 0 Å². The molecule has 0 saturated carbocycles. The Balaban J connectivity index is 2.82. The van der Waals surface area contributed by atoms with Crippen molar-refractivity contribution in [1.29, 1.82) is 0 Å². The number of hydrogen-bond donors (Lipinski definition) is 1. The van der Waals surface area contributed by atoms with E-state index in [0.717, 1.165) is 12.1 Å². The first-order chi connectivity index (χ1) is 7.54. The molecule has 1 unspecified atom stereocenters. The van der Waals surface area contributed by atoms with Gasteiger partial charge in [-0.3, -0.25) is 0 Å². The third-order valence-corrected chi connectivity index (χ3v) is 2.33. The van der Waals surface area contributed by atoms with Crippen LogP contribution < -0.4 is 10.1 Å². The average molecular weight is 225 g/mol. The number of benzene rings is 1. The van der Waals surface area contributed by atoms with Gasteiger partial charge in [-0.1, -0.05) is 13.0 Å². The molecule has 90 valence electrons. The average Bonchev–Trinajstić information content (AvgIpc) is 2.20. The SMILES string of the molecule is CCNC(C)c1ccc(OC(C)C)c(F)c1. The molecule has 3 heteroatoms. The monoisotopic (exact) mass is 225 g/mol. The molecule has 0 bridgehead atoms. The predicted molar refractivity (Wildman–Crippen MR) is 64.3 cm³/mol. The summed E-state index contributed by atoms with van der Waals surface area (Å²) in [6.45, 7) is 8.68. The van der Waals surface area contributed by atoms with E-state index in [0.29, 0.717) is 5.75 Å². The fourth-order valence-electron chi connectivity index (χ4n) is 1.56. The van der Waals surface area contributed by atoms with Gasteiger partial charge in [0.1, 0.15) is 0 Å². The van der Waals surface area contributed by atoms with Gasteiger partial charge in [0.25, 0.3) is 0 Å². The van der Waals surface area contributed by atoms with Gasteiger partial charge in [0.05, 0.1) is 6.10 Å². The first-order valence-electron chi connectivity index (χ1n) is 5.74. The minimum Gasteiger partial charge on any atom is -0.488 e. The van der Waals surface area contributed by atoms with Crippen molar-refractivity contribution in [2.24, 2.45) is 0 Å². The molecule has 0 aliphatic carbocycles. The summed E-state index contributed by atoms with van der Waals surface area (Å²) in [4.78, 5) is 0. The molecule has 0 aromatic heterocycles. The Labute approximate surface area is 96.8 Å². The highest BCUT2D eigenvalue weighted by atomic mass is 19.1. The molecule has 1 rings (SSSR count). The lowest BCUT2D eigenvalue weighted by molar-refractivity contribution is 0.231. The van der Waals surface area contributed by atoms with E-state index in [4.69, 9.17) is 4.74 Å². The van der Waals surface area contributed by atoms with E-state index < -0.39 is 0 Å². The van der Waals surface area contributed by atoms with Crippen molar-refractivity contribution in [3.05, 3.63) is 29.6 Å². The summed E-state index contributed by atoms with van der Waals surface area (Å²) in [6, 6.07) is 5.28. The Morgan fingerprint density at radius 1 is 1.31 bits per heavy atom. The molecule has 1 aromatic carbocycles. The highest BCUT2D eigenvalue weighted by Crippen LogP contribution is 2.22. The number of rotatable bonds is 5. The van der Waals surface area contributed by atoms with Crippen LogP contribution in [0.4, 0.5) is 4.39 Å². The molecule has 0 amide bonds. The second-order valence-electron chi connectivity index (χ2n) is 4.14. The maximum Gasteiger partial charge on any atom is 0.165 e. The lowest BCUT2D eigenvalue weighted by Crippen LogP contribution is -2.18. The lowest BCUT2D eigenvalue weighted by Gasteiger charge is -2.15. The van der Waals surface area contributed by atoms with Gasteiger partial charge in [-0.25, -0.2) is 4.39 Å². The Morgan fingerprint density at radius 3 is 2.50 bits per heavy atom. The van der Waals surface area contributed by atoms with E-state index in [1.165, 1.54) is 6.07 Å². The fraction of sp³-hybridized carbons (Fsp3) is 0.538. The summed E-state index contributed by atoms with van der Waals surface area (Å²) in [5.41, 5.74) is 0.940. The van der Waals surface area contributed by atoms with Gasteiger partial charge in [0, 0.05) is 6.04 Å². The zero-order valence-electron chi connectivity index (χ0n) is 10.4. The molecule has 1 aromatic rings. The summed E-state index contributed by atoms with van der Waals surface area (Å²) < 4.78 is 19.0. The maximum absolute atomic E-state index is 13.7. The van der Waals surface area contributed by atoms with Crippen LogP contribution in [0.25, 0.3) is 0 Å². The number of hydrogen-bond acceptors (Lipinski definition) is 2. The zero-order chi connectivity index (χ0) is 12.1. The van der Waals surface area contributed by atoms with Crippen LogP contribution in [-0.2, 0) is 0 Å². The second-order valence-corrected chi connectivity index (χ2v) is 4.14. The summed E-state index contributed by atoms with van der Waals surface area (Å²) >= 11 is 0. The van der Waals surface area contributed by atoms with Crippen molar-refractivity contribution >= 4 is 0 Å². The molecular weight excluding hydrogens is 205 g/mol. The number of halogens is 1. The van der Waals surface area contributed by atoms with Gasteiger partial charge in [-0.15, -0.1) is 0 Å². The molecule has 1 atom stereocenters. The van der Waals surface area contributed by atoms with Crippen molar-refractivity contribution in [2.45, 2.75) is 39.8 Å². The van der Waals surface area contributed by atoms with Crippen molar-refractivity contribution in [1.82, 2.24) is 5.32 Å². The fourth-order valence-corrected chi connectivity index (χ4v) is 1.56. The maximum atomic E-state index is 13.7. The number of nitrogens with one attached hydrogen (secondary N) is 1. The molecule has 0 aliphatic heterocycles. The first kappa shape index (κ1) is 13.0. The lowest BCUT2D eigenvalue weighted by atomic mass is 10.1. The standard InChI is InChI=1S/C13H20FNO/c1-5-15-10(4)11-6-7-13(12(14)8-11)16-9(2)3/h6-10,15H,5H2,1-4H3. The van der Waals surface area contributed by atoms with Crippen LogP contribution in [-0.4, -0.2) is 12.6 Å². The molecule has 0 heterocycles. The summed E-state index contributed by atoms with van der Waals surface area (Å²) in [5.74, 6) is 0.0263. The predicted octanol–water partition coefficient (Wildman–Crippen LogP) is 3.28. The van der Waals surface area contributed by atoms with Crippen LogP contribution in [0.15, 0.2) is 18.2 Å². The topological polar surface area (TPSA) is 21.3 Å². The van der Waals surface area contributed by atoms with Crippen LogP contribution in [0.5, 0.6) is 5.75 Å². The van der Waals surface area contributed by atoms with E-state index >= 15 is 0 Å². The second kappa shape index (κ2) is 5.85. The van der Waals surface area contributed by atoms with Gasteiger partial charge in [-0.05, 0) is 45.0 Å². The quantitative estimate of drug-likeness (QED) is 0.830. The molecule has 0 aliphatic rings. The minimum atomic E-state index is -0.295. The van der Waals surface area contributed by atoms with Crippen LogP contribution in [0.3, 0.4) is 0 Å². The van der Waals surface area contributed by atoms with Crippen molar-refractivity contribution < 1.29 is 9.13 Å². The molecular formula is C13H20FNO. The highest BCUT2D eigenvalue weighted by Gasteiger charge is 2.09. The number of ether oxygens (including phenoxy) is 1. The van der Waals surface area contributed by atoms with Crippen LogP contribution in [0.1, 0.15) is 39.3 Å². The molecule has 0 fully saturated rings.